The fourth-order valence-corrected chi connectivity index (χ4v) is 3.05. The van der Waals surface area contributed by atoms with Crippen molar-refractivity contribution in [2.45, 2.75) is 34.1 Å². The lowest BCUT2D eigenvalue weighted by Crippen LogP contribution is -1.99. The summed E-state index contributed by atoms with van der Waals surface area (Å²) in [5, 5.41) is 0. The summed E-state index contributed by atoms with van der Waals surface area (Å²) in [6.45, 7) is 8.10. The van der Waals surface area contributed by atoms with E-state index in [9.17, 15) is 4.39 Å². The summed E-state index contributed by atoms with van der Waals surface area (Å²) < 4.78 is 15.6. The molecule has 0 atom stereocenters. The zero-order chi connectivity index (χ0) is 18.0. The Hall–Kier alpha value is -2.68. The van der Waals surface area contributed by atoms with Crippen molar-refractivity contribution in [3.05, 3.63) is 82.4 Å². The molecule has 0 saturated heterocycles. The van der Waals surface area contributed by atoms with Crippen molar-refractivity contribution in [2.75, 3.05) is 0 Å². The molecule has 3 heteroatoms. The van der Waals surface area contributed by atoms with E-state index in [0.717, 1.165) is 29.1 Å². The van der Waals surface area contributed by atoms with Crippen molar-refractivity contribution >= 4 is 11.9 Å². The first kappa shape index (κ1) is 17.2. The topological polar surface area (TPSA) is 17.3 Å². The van der Waals surface area contributed by atoms with E-state index in [1.807, 2.05) is 6.21 Å². The molecule has 0 unspecified atom stereocenters. The first-order valence-electron chi connectivity index (χ1n) is 8.58. The van der Waals surface area contributed by atoms with Gasteiger partial charge in [0.05, 0.1) is 5.69 Å². The van der Waals surface area contributed by atoms with Gasteiger partial charge in [0.25, 0.3) is 0 Å². The van der Waals surface area contributed by atoms with Gasteiger partial charge in [-0.25, -0.2) is 4.39 Å². The van der Waals surface area contributed by atoms with Crippen LogP contribution in [0.1, 0.15) is 35.0 Å². The molecule has 0 saturated carbocycles. The van der Waals surface area contributed by atoms with Crippen LogP contribution >= 0.6 is 0 Å². The van der Waals surface area contributed by atoms with Gasteiger partial charge in [-0.05, 0) is 74.7 Å². The maximum absolute atomic E-state index is 13.4. The standard InChI is InChI=1S/C22H23FN2/c1-5-18-6-9-21(10-7-18)25-16(3)13-19(17(25)4)14-24-20-8-11-22(23)15(2)12-20/h6-14H,5H2,1-4H3. The van der Waals surface area contributed by atoms with Crippen LogP contribution in [0.4, 0.5) is 10.1 Å². The van der Waals surface area contributed by atoms with Crippen molar-refractivity contribution < 1.29 is 4.39 Å². The zero-order valence-corrected chi connectivity index (χ0v) is 15.2. The van der Waals surface area contributed by atoms with Crippen molar-refractivity contribution in [1.29, 1.82) is 0 Å². The Kier molecular flexibility index (Phi) is 4.84. The van der Waals surface area contributed by atoms with Gasteiger partial charge in [0.1, 0.15) is 5.82 Å². The van der Waals surface area contributed by atoms with Crippen LogP contribution in [0.2, 0.25) is 0 Å². The van der Waals surface area contributed by atoms with Gasteiger partial charge in [-0.3, -0.25) is 4.99 Å². The van der Waals surface area contributed by atoms with Crippen molar-refractivity contribution in [3.63, 3.8) is 0 Å². The number of benzene rings is 2. The first-order chi connectivity index (χ1) is 12.0. The van der Waals surface area contributed by atoms with Gasteiger partial charge in [-0.15, -0.1) is 0 Å². The third-order valence-electron chi connectivity index (χ3n) is 4.57. The molecule has 128 valence electrons. The highest BCUT2D eigenvalue weighted by Crippen LogP contribution is 2.22. The second-order valence-electron chi connectivity index (χ2n) is 6.37. The number of hydrogen-bond acceptors (Lipinski definition) is 1. The van der Waals surface area contributed by atoms with E-state index in [2.05, 4.69) is 60.7 Å². The molecule has 1 heterocycles. The van der Waals surface area contributed by atoms with E-state index in [4.69, 9.17) is 0 Å². The predicted octanol–water partition coefficient (Wildman–Crippen LogP) is 5.85. The average molecular weight is 334 g/mol. The molecule has 0 bridgehead atoms. The SMILES string of the molecule is CCc1ccc(-n2c(C)cc(C=Nc3ccc(F)c(C)c3)c2C)cc1. The highest BCUT2D eigenvalue weighted by Gasteiger charge is 2.09. The van der Waals surface area contributed by atoms with Crippen LogP contribution in [0.25, 0.3) is 5.69 Å². The van der Waals surface area contributed by atoms with Crippen LogP contribution in [0.3, 0.4) is 0 Å². The molecule has 0 aliphatic rings. The summed E-state index contributed by atoms with van der Waals surface area (Å²) >= 11 is 0. The molecule has 25 heavy (non-hydrogen) atoms. The number of aryl methyl sites for hydroxylation is 3. The van der Waals surface area contributed by atoms with Gasteiger partial charge in [0.2, 0.25) is 0 Å². The molecular formula is C22H23FN2. The third kappa shape index (κ3) is 3.55. The molecule has 3 rings (SSSR count). The van der Waals surface area contributed by atoms with Gasteiger partial charge in [-0.2, -0.15) is 0 Å². The second kappa shape index (κ2) is 7.06. The molecule has 1 aromatic heterocycles. The molecule has 0 N–H and O–H groups in total. The monoisotopic (exact) mass is 334 g/mol. The van der Waals surface area contributed by atoms with Crippen LogP contribution in [0.5, 0.6) is 0 Å². The number of rotatable bonds is 4. The summed E-state index contributed by atoms with van der Waals surface area (Å²) in [6.07, 6.45) is 2.89. The lowest BCUT2D eigenvalue weighted by molar-refractivity contribution is 0.618. The van der Waals surface area contributed by atoms with E-state index in [-0.39, 0.29) is 5.82 Å². The van der Waals surface area contributed by atoms with Gasteiger partial charge in [0, 0.05) is 28.9 Å². The second-order valence-corrected chi connectivity index (χ2v) is 6.37. The van der Waals surface area contributed by atoms with Crippen molar-refractivity contribution in [1.82, 2.24) is 4.57 Å². The van der Waals surface area contributed by atoms with Gasteiger partial charge in [0.15, 0.2) is 0 Å². The van der Waals surface area contributed by atoms with Gasteiger partial charge in [-0.1, -0.05) is 19.1 Å². The van der Waals surface area contributed by atoms with E-state index >= 15 is 0 Å². The lowest BCUT2D eigenvalue weighted by atomic mass is 10.1. The molecule has 0 radical (unpaired) electrons. The van der Waals surface area contributed by atoms with Gasteiger partial charge >= 0.3 is 0 Å². The van der Waals surface area contributed by atoms with Crippen molar-refractivity contribution in [2.24, 2.45) is 4.99 Å². The summed E-state index contributed by atoms with van der Waals surface area (Å²) in [6, 6.07) is 15.7. The summed E-state index contributed by atoms with van der Waals surface area (Å²) in [5.74, 6) is -0.201. The third-order valence-corrected chi connectivity index (χ3v) is 4.57. The number of nitrogens with zero attached hydrogens (tertiary/aromatic N) is 2. The minimum atomic E-state index is -0.201. The first-order valence-corrected chi connectivity index (χ1v) is 8.58. The molecule has 2 aromatic carbocycles. The Morgan fingerprint density at radius 2 is 1.72 bits per heavy atom. The van der Waals surface area contributed by atoms with Gasteiger partial charge < -0.3 is 4.57 Å². The van der Waals surface area contributed by atoms with E-state index in [1.54, 1.807) is 19.1 Å². The van der Waals surface area contributed by atoms with E-state index < -0.39 is 0 Å². The largest absolute Gasteiger partial charge is 0.318 e. The van der Waals surface area contributed by atoms with Crippen molar-refractivity contribution in [3.8, 4) is 5.69 Å². The van der Waals surface area contributed by atoms with Crippen LogP contribution in [-0.4, -0.2) is 10.8 Å². The quantitative estimate of drug-likeness (QED) is 0.532. The molecule has 0 fully saturated rings. The minimum Gasteiger partial charge on any atom is -0.318 e. The molecule has 2 nitrogen and oxygen atoms in total. The zero-order valence-electron chi connectivity index (χ0n) is 15.2. The normalized spacial score (nSPS) is 11.4. The Bertz CT molecular complexity index is 918. The molecular weight excluding hydrogens is 311 g/mol. The van der Waals surface area contributed by atoms with Crippen LogP contribution in [0.15, 0.2) is 53.5 Å². The van der Waals surface area contributed by atoms with E-state index in [0.29, 0.717) is 5.56 Å². The lowest BCUT2D eigenvalue weighted by Gasteiger charge is -2.10. The summed E-state index contributed by atoms with van der Waals surface area (Å²) in [5.41, 5.74) is 7.23. The maximum Gasteiger partial charge on any atom is 0.126 e. The fraction of sp³-hybridized carbons (Fsp3) is 0.227. The Morgan fingerprint density at radius 1 is 1.00 bits per heavy atom. The number of aliphatic imine (C=N–C) groups is 1. The Balaban J connectivity index is 1.93. The summed E-state index contributed by atoms with van der Waals surface area (Å²) in [7, 11) is 0. The number of aromatic nitrogens is 1. The fourth-order valence-electron chi connectivity index (χ4n) is 3.05. The smallest absolute Gasteiger partial charge is 0.126 e. The molecule has 0 aliphatic heterocycles. The number of halogens is 1. The van der Waals surface area contributed by atoms with Crippen LogP contribution < -0.4 is 0 Å². The Labute approximate surface area is 148 Å². The molecule has 0 amide bonds. The highest BCUT2D eigenvalue weighted by atomic mass is 19.1. The Morgan fingerprint density at radius 3 is 2.36 bits per heavy atom. The molecule has 0 spiro atoms. The molecule has 3 aromatic rings. The summed E-state index contributed by atoms with van der Waals surface area (Å²) in [4.78, 5) is 4.51. The van der Waals surface area contributed by atoms with Crippen LogP contribution in [-0.2, 0) is 6.42 Å². The van der Waals surface area contributed by atoms with E-state index in [1.165, 1.54) is 17.3 Å². The molecule has 0 aliphatic carbocycles. The number of hydrogen-bond donors (Lipinski definition) is 0. The maximum atomic E-state index is 13.4. The average Bonchev–Trinajstić information content (AvgIpc) is 2.90. The highest BCUT2D eigenvalue weighted by molar-refractivity contribution is 5.84. The van der Waals surface area contributed by atoms with Crippen LogP contribution in [0, 0.1) is 26.6 Å². The minimum absolute atomic E-state index is 0.201. The predicted molar refractivity (Wildman–Crippen MR) is 103 cm³/mol.